The van der Waals surface area contributed by atoms with Crippen LogP contribution in [0.3, 0.4) is 0 Å². The highest BCUT2D eigenvalue weighted by Gasteiger charge is 2.86. The van der Waals surface area contributed by atoms with Crippen molar-refractivity contribution in [1.82, 2.24) is 9.80 Å². The third-order valence-corrected chi connectivity index (χ3v) is 19.8. The summed E-state index contributed by atoms with van der Waals surface area (Å²) in [4.78, 5) is 58.0. The summed E-state index contributed by atoms with van der Waals surface area (Å²) in [6.45, 7) is 17.6. The highest BCUT2D eigenvalue weighted by molar-refractivity contribution is 6.04. The van der Waals surface area contributed by atoms with Gasteiger partial charge in [-0.25, -0.2) is 0 Å². The summed E-state index contributed by atoms with van der Waals surface area (Å²) in [5.41, 5.74) is -5.54. The lowest BCUT2D eigenvalue weighted by Crippen LogP contribution is -2.65. The first-order valence-electron chi connectivity index (χ1n) is 24.7. The Kier molecular flexibility index (Phi) is 12.2. The van der Waals surface area contributed by atoms with Crippen LogP contribution < -0.4 is 0 Å². The molecule has 6 unspecified atom stereocenters. The summed E-state index contributed by atoms with van der Waals surface area (Å²) in [5, 5.41) is 58.0. The van der Waals surface area contributed by atoms with Crippen LogP contribution in [0.4, 0.5) is 0 Å². The molecule has 0 aromatic rings. The van der Waals surface area contributed by atoms with E-state index in [1.54, 1.807) is 26.0 Å². The van der Waals surface area contributed by atoms with Crippen LogP contribution in [0.25, 0.3) is 0 Å². The molecule has 0 spiro atoms. The van der Waals surface area contributed by atoms with Gasteiger partial charge in [-0.05, 0) is 86.8 Å². The number of hydrogen-bond acceptors (Lipinski definition) is 11. The predicted molar refractivity (Wildman–Crippen MR) is 237 cm³/mol. The number of nitrogens with zero attached hydrogens (tertiary/aromatic N) is 2. The van der Waals surface area contributed by atoms with Crippen LogP contribution in [0.2, 0.25) is 0 Å². The van der Waals surface area contributed by atoms with Crippen molar-refractivity contribution in [3.05, 3.63) is 23.3 Å². The lowest BCUT2D eigenvalue weighted by Gasteiger charge is -2.62. The molecule has 14 atom stereocenters. The molecule has 5 N–H and O–H groups in total. The number of amides is 1. The van der Waals surface area contributed by atoms with E-state index in [-0.39, 0.29) is 48.1 Å². The zero-order valence-electron chi connectivity index (χ0n) is 39.3. The molecule has 63 heavy (non-hydrogen) atoms. The SMILES string of the molecule is CC1=C[C@H]2[C@@]3(O)[C@H](C)[C@@H](O)[C@]4(OC(=O)CCCCCCCCN5CCN(C(=O)CC6(C)C(O)CCC7(C)C8CCC(=O)C8(C)CCC67)CC5)[C@H]([C@@H]3C=C(CO)C[C@]2(O)C1=O)C4(C)C. The Balaban J connectivity index is 0.755. The molecule has 7 aliphatic carbocycles. The molecule has 5 saturated carbocycles. The van der Waals surface area contributed by atoms with Crippen LogP contribution in [-0.2, 0) is 23.9 Å². The van der Waals surface area contributed by atoms with Crippen molar-refractivity contribution >= 4 is 23.4 Å². The maximum atomic E-state index is 13.9. The van der Waals surface area contributed by atoms with E-state index in [1.165, 1.54) is 0 Å². The molecule has 8 aliphatic rings. The largest absolute Gasteiger partial charge is 0.455 e. The van der Waals surface area contributed by atoms with Crippen LogP contribution in [0, 0.1) is 57.2 Å². The van der Waals surface area contributed by atoms with Gasteiger partial charge in [-0.15, -0.1) is 0 Å². The lowest BCUT2D eigenvalue weighted by atomic mass is 9.42. The monoisotopic (exact) mass is 879 g/mol. The van der Waals surface area contributed by atoms with E-state index in [0.717, 1.165) is 77.4 Å². The second kappa shape index (κ2) is 16.4. The Bertz CT molecular complexity index is 1910. The van der Waals surface area contributed by atoms with Gasteiger partial charge in [0, 0.05) is 91.8 Å². The molecule has 1 heterocycles. The van der Waals surface area contributed by atoms with Crippen molar-refractivity contribution in [1.29, 1.82) is 0 Å². The molecule has 1 amide bonds. The van der Waals surface area contributed by atoms with Crippen LogP contribution in [-0.4, -0.2) is 127 Å². The number of rotatable bonds is 13. The third-order valence-electron chi connectivity index (χ3n) is 19.8. The maximum Gasteiger partial charge on any atom is 0.306 e. The van der Waals surface area contributed by atoms with Gasteiger partial charge in [0.15, 0.2) is 5.78 Å². The van der Waals surface area contributed by atoms with Gasteiger partial charge in [0.05, 0.1) is 24.4 Å². The van der Waals surface area contributed by atoms with Crippen molar-refractivity contribution < 1.29 is 49.4 Å². The maximum absolute atomic E-state index is 13.9. The smallest absolute Gasteiger partial charge is 0.306 e. The molecule has 12 heteroatoms. The number of esters is 1. The number of ether oxygens (including phenoxy) is 1. The van der Waals surface area contributed by atoms with E-state index in [2.05, 4.69) is 25.7 Å². The summed E-state index contributed by atoms with van der Waals surface area (Å²) >= 11 is 0. The minimum Gasteiger partial charge on any atom is -0.455 e. The van der Waals surface area contributed by atoms with Crippen molar-refractivity contribution in [3.8, 4) is 0 Å². The summed E-state index contributed by atoms with van der Waals surface area (Å²) in [7, 11) is 0. The fourth-order valence-corrected chi connectivity index (χ4v) is 16.0. The van der Waals surface area contributed by atoms with Crippen LogP contribution in [0.1, 0.15) is 145 Å². The molecule has 8 rings (SSSR count). The Morgan fingerprint density at radius 1 is 0.857 bits per heavy atom. The summed E-state index contributed by atoms with van der Waals surface area (Å²) in [5.74, 6) is -2.71. The first kappa shape index (κ1) is 47.0. The average molecular weight is 879 g/mol. The number of carbonyl (C=O) groups is 4. The standard InChI is InChI=1S/C51H78N2O10/c1-31-26-37-49(61,43(31)59)28-33(30-54)27-34-42-45(3,4)51(42,44(60)32(2)50(34,37)62)63-41(58)14-12-10-8-9-11-13-21-52-22-24-53(25-23-52)40(57)29-48(7)36-17-19-47(6)35(15-16-38(47)55)46(36,5)20-18-39(48)56/h26-27,32,34-37,39,42,44,54,56,60-62H,8-25,28-30H2,1-7H3/t32-,34+,35?,36?,37-,39?,42-,44-,46?,47?,48?,49-,50-,51-/m1/s1. The molecule has 6 fully saturated rings. The highest BCUT2D eigenvalue weighted by atomic mass is 16.6. The number of aliphatic hydroxyl groups excluding tert-OH is 3. The van der Waals surface area contributed by atoms with Gasteiger partial charge in [-0.2, -0.15) is 0 Å². The minimum atomic E-state index is -1.93. The highest BCUT2D eigenvalue weighted by Crippen LogP contribution is 2.76. The summed E-state index contributed by atoms with van der Waals surface area (Å²) in [6.07, 6.45) is 12.9. The molecule has 12 nitrogen and oxygen atoms in total. The molecular weight excluding hydrogens is 801 g/mol. The number of piperazine rings is 1. The van der Waals surface area contributed by atoms with E-state index >= 15 is 0 Å². The lowest BCUT2D eigenvalue weighted by molar-refractivity contribution is -0.219. The predicted octanol–water partition coefficient (Wildman–Crippen LogP) is 5.31. The second-order valence-corrected chi connectivity index (χ2v) is 23.2. The van der Waals surface area contributed by atoms with Gasteiger partial charge in [-0.3, -0.25) is 24.1 Å². The van der Waals surface area contributed by atoms with Crippen molar-refractivity contribution in [2.75, 3.05) is 39.3 Å². The van der Waals surface area contributed by atoms with Gasteiger partial charge in [0.2, 0.25) is 5.91 Å². The molecule has 1 aliphatic heterocycles. The average Bonchev–Trinajstić information content (AvgIpc) is 3.45. The Morgan fingerprint density at radius 2 is 1.52 bits per heavy atom. The van der Waals surface area contributed by atoms with E-state index in [1.807, 2.05) is 18.7 Å². The molecule has 1 saturated heterocycles. The molecule has 352 valence electrons. The minimum absolute atomic E-state index is 0.0286. The zero-order chi connectivity index (χ0) is 45.7. The summed E-state index contributed by atoms with van der Waals surface area (Å²) < 4.78 is 6.27. The third kappa shape index (κ3) is 7.02. The van der Waals surface area contributed by atoms with E-state index < -0.39 is 69.3 Å². The quantitative estimate of drug-likeness (QED) is 0.0919. The normalized spacial score (nSPS) is 45.2. The number of Topliss-reactive ketones (excluding diaryl/α,β-unsaturated/α-hetero) is 2. The molecule has 0 radical (unpaired) electrons. The van der Waals surface area contributed by atoms with E-state index in [0.29, 0.717) is 61.6 Å². The van der Waals surface area contributed by atoms with Crippen LogP contribution >= 0.6 is 0 Å². The molecular formula is C51H78N2O10. The van der Waals surface area contributed by atoms with Crippen molar-refractivity contribution in [2.24, 2.45) is 57.2 Å². The number of hydrogen-bond donors (Lipinski definition) is 5. The topological polar surface area (TPSA) is 185 Å². The first-order chi connectivity index (χ1) is 29.6. The van der Waals surface area contributed by atoms with Gasteiger partial charge < -0.3 is 35.2 Å². The van der Waals surface area contributed by atoms with Crippen molar-refractivity contribution in [3.63, 3.8) is 0 Å². The van der Waals surface area contributed by atoms with Crippen LogP contribution in [0.15, 0.2) is 23.3 Å². The number of fused-ring (bicyclic) bond motifs is 8. The number of aliphatic hydroxyl groups is 5. The van der Waals surface area contributed by atoms with E-state index in [9.17, 15) is 44.7 Å². The van der Waals surface area contributed by atoms with Crippen LogP contribution in [0.5, 0.6) is 0 Å². The van der Waals surface area contributed by atoms with E-state index in [4.69, 9.17) is 4.74 Å². The number of ketones is 2. The van der Waals surface area contributed by atoms with Gasteiger partial charge in [0.25, 0.3) is 0 Å². The van der Waals surface area contributed by atoms with Crippen molar-refractivity contribution in [2.45, 2.75) is 174 Å². The molecule has 0 aromatic heterocycles. The van der Waals surface area contributed by atoms with Gasteiger partial charge in [-0.1, -0.05) is 79.4 Å². The zero-order valence-corrected chi connectivity index (χ0v) is 39.3. The fraction of sp³-hybridized carbons (Fsp3) is 0.843. The Hall–Kier alpha value is -2.48. The summed E-state index contributed by atoms with van der Waals surface area (Å²) in [6, 6.07) is 0. The number of unbranched alkanes of at least 4 members (excludes halogenated alkanes) is 5. The number of carbonyl (C=O) groups excluding carboxylic acids is 4. The molecule has 0 aromatic carbocycles. The van der Waals surface area contributed by atoms with Gasteiger partial charge in [0.1, 0.15) is 17.0 Å². The Morgan fingerprint density at radius 3 is 2.21 bits per heavy atom. The first-order valence-corrected chi connectivity index (χ1v) is 24.7. The fourth-order valence-electron chi connectivity index (χ4n) is 16.0. The second-order valence-electron chi connectivity index (χ2n) is 23.2. The van der Waals surface area contributed by atoms with Gasteiger partial charge >= 0.3 is 5.97 Å². The molecule has 0 bridgehead atoms. The Labute approximate surface area is 375 Å².